The summed E-state index contributed by atoms with van der Waals surface area (Å²) in [5, 5.41) is 3.54. The third kappa shape index (κ3) is 2.60. The summed E-state index contributed by atoms with van der Waals surface area (Å²) >= 11 is 0. The maximum atomic E-state index is 3.54. The van der Waals surface area contributed by atoms with Crippen molar-refractivity contribution < 1.29 is 0 Å². The molecule has 0 spiro atoms. The van der Waals surface area contributed by atoms with E-state index in [1.54, 1.807) is 0 Å². The highest BCUT2D eigenvalue weighted by Crippen LogP contribution is 2.32. The highest BCUT2D eigenvalue weighted by atomic mass is 15.2. The number of rotatable bonds is 5. The van der Waals surface area contributed by atoms with Crippen LogP contribution in [0.5, 0.6) is 0 Å². The zero-order valence-corrected chi connectivity index (χ0v) is 11.9. The van der Waals surface area contributed by atoms with Gasteiger partial charge in [0.2, 0.25) is 0 Å². The van der Waals surface area contributed by atoms with Crippen LogP contribution < -0.4 is 5.32 Å². The number of benzene rings is 1. The lowest BCUT2D eigenvalue weighted by Gasteiger charge is -2.40. The number of hydrogen-bond donors (Lipinski definition) is 1. The molecule has 2 nitrogen and oxygen atoms in total. The lowest BCUT2D eigenvalue weighted by molar-refractivity contribution is 0.150. The minimum atomic E-state index is 0.487. The van der Waals surface area contributed by atoms with Crippen molar-refractivity contribution in [3.05, 3.63) is 35.4 Å². The van der Waals surface area contributed by atoms with Crippen LogP contribution in [0.3, 0.4) is 0 Å². The fourth-order valence-electron chi connectivity index (χ4n) is 3.33. The molecule has 1 aliphatic rings. The maximum Gasteiger partial charge on any atom is 0.0478 e. The van der Waals surface area contributed by atoms with Crippen LogP contribution in [0.2, 0.25) is 0 Å². The van der Waals surface area contributed by atoms with Gasteiger partial charge in [-0.25, -0.2) is 0 Å². The second-order valence-corrected chi connectivity index (χ2v) is 5.20. The van der Waals surface area contributed by atoms with Crippen LogP contribution in [0, 0.1) is 0 Å². The fourth-order valence-corrected chi connectivity index (χ4v) is 3.33. The molecule has 18 heavy (non-hydrogen) atoms. The Kier molecular flexibility index (Phi) is 4.79. The first-order valence-electron chi connectivity index (χ1n) is 7.30. The molecule has 1 aromatic rings. The van der Waals surface area contributed by atoms with Gasteiger partial charge in [0, 0.05) is 12.1 Å². The molecule has 0 saturated heterocycles. The minimum Gasteiger partial charge on any atom is -0.312 e. The Hall–Kier alpha value is -0.860. The van der Waals surface area contributed by atoms with Gasteiger partial charge in [-0.3, -0.25) is 4.90 Å². The molecule has 2 rings (SSSR count). The number of hydrogen-bond acceptors (Lipinski definition) is 2. The Morgan fingerprint density at radius 1 is 1.28 bits per heavy atom. The van der Waals surface area contributed by atoms with Crippen molar-refractivity contribution in [2.24, 2.45) is 0 Å². The van der Waals surface area contributed by atoms with Gasteiger partial charge < -0.3 is 5.32 Å². The van der Waals surface area contributed by atoms with Crippen molar-refractivity contribution in [2.75, 3.05) is 20.1 Å². The van der Waals surface area contributed by atoms with Crippen molar-refractivity contribution >= 4 is 0 Å². The van der Waals surface area contributed by atoms with E-state index >= 15 is 0 Å². The summed E-state index contributed by atoms with van der Waals surface area (Å²) in [6, 6.07) is 10.0. The maximum absolute atomic E-state index is 3.54. The number of aryl methyl sites for hydroxylation is 1. The van der Waals surface area contributed by atoms with Crippen LogP contribution in [0.4, 0.5) is 0 Å². The zero-order valence-electron chi connectivity index (χ0n) is 11.9. The third-order valence-electron chi connectivity index (χ3n) is 4.18. The highest BCUT2D eigenvalue weighted by molar-refractivity contribution is 5.33. The Labute approximate surface area is 111 Å². The van der Waals surface area contributed by atoms with E-state index in [2.05, 4.69) is 55.4 Å². The Bertz CT molecular complexity index is 375. The first-order chi connectivity index (χ1) is 8.81. The molecule has 0 aliphatic heterocycles. The van der Waals surface area contributed by atoms with Crippen molar-refractivity contribution in [1.29, 1.82) is 0 Å². The zero-order chi connectivity index (χ0) is 13.0. The smallest absolute Gasteiger partial charge is 0.0478 e. The summed E-state index contributed by atoms with van der Waals surface area (Å²) in [6.07, 6.45) is 3.73. The molecule has 0 fully saturated rings. The van der Waals surface area contributed by atoms with E-state index < -0.39 is 0 Å². The Balaban J connectivity index is 2.24. The van der Waals surface area contributed by atoms with Gasteiger partial charge in [0.1, 0.15) is 0 Å². The highest BCUT2D eigenvalue weighted by Gasteiger charge is 2.31. The average molecular weight is 246 g/mol. The quantitative estimate of drug-likeness (QED) is 0.859. The van der Waals surface area contributed by atoms with Crippen molar-refractivity contribution in [1.82, 2.24) is 10.2 Å². The van der Waals surface area contributed by atoms with Crippen LogP contribution in [0.1, 0.15) is 43.9 Å². The van der Waals surface area contributed by atoms with E-state index in [0.29, 0.717) is 12.1 Å². The molecule has 2 unspecified atom stereocenters. The number of fused-ring (bicyclic) bond motifs is 1. The average Bonchev–Trinajstić information content (AvgIpc) is 2.43. The van der Waals surface area contributed by atoms with Crippen LogP contribution in [0.25, 0.3) is 0 Å². The Morgan fingerprint density at radius 3 is 2.72 bits per heavy atom. The van der Waals surface area contributed by atoms with Gasteiger partial charge in [0.05, 0.1) is 0 Å². The van der Waals surface area contributed by atoms with Gasteiger partial charge in [-0.15, -0.1) is 0 Å². The largest absolute Gasteiger partial charge is 0.312 e. The van der Waals surface area contributed by atoms with Gasteiger partial charge >= 0.3 is 0 Å². The van der Waals surface area contributed by atoms with Gasteiger partial charge in [0.25, 0.3) is 0 Å². The predicted octanol–water partition coefficient (Wildman–Crippen LogP) is 2.99. The summed E-state index contributed by atoms with van der Waals surface area (Å²) in [7, 11) is 2.10. The molecule has 2 atom stereocenters. The first-order valence-corrected chi connectivity index (χ1v) is 7.30. The molecule has 1 N–H and O–H groups in total. The lowest BCUT2D eigenvalue weighted by atomic mass is 9.83. The molecule has 1 aromatic carbocycles. The number of likely N-dealkylation sites (N-methyl/N-ethyl adjacent to an activating group) is 2. The monoisotopic (exact) mass is 246 g/mol. The van der Waals surface area contributed by atoms with Gasteiger partial charge in [-0.2, -0.15) is 0 Å². The summed E-state index contributed by atoms with van der Waals surface area (Å²) in [4.78, 5) is 2.64. The molecule has 0 saturated carbocycles. The topological polar surface area (TPSA) is 15.3 Å². The number of nitrogens with zero attached hydrogens (tertiary/aromatic N) is 1. The SMILES string of the molecule is CCCN(CC)C1CCc2ccccc2C1NC. The lowest BCUT2D eigenvalue weighted by Crippen LogP contribution is -2.46. The van der Waals surface area contributed by atoms with Crippen LogP contribution in [0.15, 0.2) is 24.3 Å². The molecule has 100 valence electrons. The van der Waals surface area contributed by atoms with E-state index in [-0.39, 0.29) is 0 Å². The molecular weight excluding hydrogens is 220 g/mol. The normalized spacial score (nSPS) is 23.1. The van der Waals surface area contributed by atoms with Crippen molar-refractivity contribution in [2.45, 2.75) is 45.2 Å². The van der Waals surface area contributed by atoms with Crippen LogP contribution in [-0.2, 0) is 6.42 Å². The Morgan fingerprint density at radius 2 is 2.06 bits per heavy atom. The second kappa shape index (κ2) is 6.35. The van der Waals surface area contributed by atoms with Gasteiger partial charge in [0.15, 0.2) is 0 Å². The molecule has 2 heteroatoms. The second-order valence-electron chi connectivity index (χ2n) is 5.20. The summed E-state index contributed by atoms with van der Waals surface area (Å²) in [5.74, 6) is 0. The predicted molar refractivity (Wildman–Crippen MR) is 77.9 cm³/mol. The van der Waals surface area contributed by atoms with Crippen molar-refractivity contribution in [3.63, 3.8) is 0 Å². The number of nitrogens with one attached hydrogen (secondary N) is 1. The molecule has 1 aliphatic carbocycles. The molecule has 0 amide bonds. The van der Waals surface area contributed by atoms with Crippen molar-refractivity contribution in [3.8, 4) is 0 Å². The standard InChI is InChI=1S/C16H26N2/c1-4-12-18(5-2)15-11-10-13-8-6-7-9-14(13)16(15)17-3/h6-9,15-17H,4-5,10-12H2,1-3H3. The van der Waals surface area contributed by atoms with E-state index in [1.807, 2.05) is 0 Å². The molecule has 0 bridgehead atoms. The molecule has 0 aromatic heterocycles. The van der Waals surface area contributed by atoms with Crippen LogP contribution >= 0.6 is 0 Å². The van der Waals surface area contributed by atoms with Gasteiger partial charge in [-0.1, -0.05) is 38.1 Å². The first kappa shape index (κ1) is 13.6. The van der Waals surface area contributed by atoms with Crippen LogP contribution in [-0.4, -0.2) is 31.1 Å². The van der Waals surface area contributed by atoms with E-state index in [0.717, 1.165) is 6.54 Å². The van der Waals surface area contributed by atoms with E-state index in [4.69, 9.17) is 0 Å². The van der Waals surface area contributed by atoms with E-state index in [1.165, 1.54) is 36.9 Å². The minimum absolute atomic E-state index is 0.487. The van der Waals surface area contributed by atoms with Gasteiger partial charge in [-0.05, 0) is 50.5 Å². The summed E-state index contributed by atoms with van der Waals surface area (Å²) in [5.41, 5.74) is 3.03. The fraction of sp³-hybridized carbons (Fsp3) is 0.625. The summed E-state index contributed by atoms with van der Waals surface area (Å²) < 4.78 is 0. The van der Waals surface area contributed by atoms with E-state index in [9.17, 15) is 0 Å². The molecule has 0 heterocycles. The summed E-state index contributed by atoms with van der Waals surface area (Å²) in [6.45, 7) is 6.91. The molecule has 0 radical (unpaired) electrons. The molecular formula is C16H26N2. The third-order valence-corrected chi connectivity index (χ3v) is 4.18.